The van der Waals surface area contributed by atoms with E-state index in [1.54, 1.807) is 42.5 Å². The summed E-state index contributed by atoms with van der Waals surface area (Å²) in [4.78, 5) is 30.3. The molecule has 3 aromatic rings. The number of hydrogen-bond donors (Lipinski definition) is 0. The van der Waals surface area contributed by atoms with E-state index in [1.807, 2.05) is 49.1 Å². The van der Waals surface area contributed by atoms with Crippen LogP contribution < -0.4 is 4.74 Å². The molecule has 5 nitrogen and oxygen atoms in total. The van der Waals surface area contributed by atoms with E-state index in [-0.39, 0.29) is 6.54 Å². The van der Waals surface area contributed by atoms with Crippen molar-refractivity contribution in [1.29, 1.82) is 0 Å². The number of carbonyl (C=O) groups is 2. The Hall–Kier alpha value is -3.93. The molecular formula is C28H27FN2O3. The van der Waals surface area contributed by atoms with Crippen LogP contribution in [0, 0.1) is 5.82 Å². The van der Waals surface area contributed by atoms with Gasteiger partial charge in [-0.15, -0.1) is 0 Å². The molecular weight excluding hydrogens is 431 g/mol. The Morgan fingerprint density at radius 2 is 1.53 bits per heavy atom. The van der Waals surface area contributed by atoms with Crippen molar-refractivity contribution in [2.75, 3.05) is 13.2 Å². The van der Waals surface area contributed by atoms with Crippen LogP contribution >= 0.6 is 0 Å². The normalized spacial score (nSPS) is 13.6. The molecule has 1 heterocycles. The predicted octanol–water partition coefficient (Wildman–Crippen LogP) is 5.03. The van der Waals surface area contributed by atoms with E-state index in [0.717, 1.165) is 10.5 Å². The maximum atomic E-state index is 14.4. The van der Waals surface area contributed by atoms with Gasteiger partial charge in [0.15, 0.2) is 0 Å². The monoisotopic (exact) mass is 458 g/mol. The second-order valence-electron chi connectivity index (χ2n) is 7.97. The molecule has 0 unspecified atom stereocenters. The van der Waals surface area contributed by atoms with Crippen molar-refractivity contribution in [2.45, 2.75) is 26.9 Å². The first-order chi connectivity index (χ1) is 16.5. The van der Waals surface area contributed by atoms with Gasteiger partial charge in [0.25, 0.3) is 11.8 Å². The standard InChI is InChI=1S/C28H27FN2O3/c1-3-30(18-20-10-6-5-7-11-20)26-25(21-14-16-23(17-15-21)34-4-2)27(32)31(28(26)33)19-22-12-8-9-13-24(22)29/h5-17H,3-4,18-19H2,1-2H3. The average molecular weight is 459 g/mol. The molecule has 174 valence electrons. The molecule has 0 bridgehead atoms. The van der Waals surface area contributed by atoms with E-state index in [0.29, 0.717) is 47.8 Å². The van der Waals surface area contributed by atoms with E-state index in [9.17, 15) is 14.0 Å². The third-order valence-corrected chi connectivity index (χ3v) is 5.80. The van der Waals surface area contributed by atoms with Crippen LogP contribution in [0.2, 0.25) is 0 Å². The van der Waals surface area contributed by atoms with Gasteiger partial charge in [-0.1, -0.05) is 60.7 Å². The number of imide groups is 1. The van der Waals surface area contributed by atoms with Crippen LogP contribution in [0.5, 0.6) is 5.75 Å². The fourth-order valence-electron chi connectivity index (χ4n) is 4.09. The summed E-state index contributed by atoms with van der Waals surface area (Å²) in [7, 11) is 0. The lowest BCUT2D eigenvalue weighted by Crippen LogP contribution is -2.35. The smallest absolute Gasteiger partial charge is 0.278 e. The Bertz CT molecular complexity index is 1210. The largest absolute Gasteiger partial charge is 0.494 e. The van der Waals surface area contributed by atoms with Gasteiger partial charge in [0, 0.05) is 18.7 Å². The highest BCUT2D eigenvalue weighted by Crippen LogP contribution is 2.34. The topological polar surface area (TPSA) is 49.9 Å². The van der Waals surface area contributed by atoms with Crippen molar-refractivity contribution in [1.82, 2.24) is 9.80 Å². The Morgan fingerprint density at radius 3 is 2.18 bits per heavy atom. The second-order valence-corrected chi connectivity index (χ2v) is 7.97. The number of amides is 2. The molecule has 1 aliphatic rings. The van der Waals surface area contributed by atoms with Crippen LogP contribution in [-0.2, 0) is 22.7 Å². The summed E-state index contributed by atoms with van der Waals surface area (Å²) >= 11 is 0. The quantitative estimate of drug-likeness (QED) is 0.422. The summed E-state index contributed by atoms with van der Waals surface area (Å²) < 4.78 is 19.9. The highest BCUT2D eigenvalue weighted by molar-refractivity contribution is 6.35. The molecule has 0 N–H and O–H groups in total. The number of benzene rings is 3. The molecule has 0 aromatic heterocycles. The summed E-state index contributed by atoms with van der Waals surface area (Å²) in [6.07, 6.45) is 0. The Morgan fingerprint density at radius 1 is 0.853 bits per heavy atom. The molecule has 0 saturated heterocycles. The van der Waals surface area contributed by atoms with E-state index in [4.69, 9.17) is 4.74 Å². The van der Waals surface area contributed by atoms with Crippen LogP contribution in [0.15, 0.2) is 84.6 Å². The van der Waals surface area contributed by atoms with Gasteiger partial charge in [0.1, 0.15) is 17.3 Å². The van der Waals surface area contributed by atoms with Gasteiger partial charge < -0.3 is 9.64 Å². The molecule has 4 rings (SSSR count). The molecule has 0 aliphatic carbocycles. The first-order valence-corrected chi connectivity index (χ1v) is 11.4. The molecule has 0 spiro atoms. The number of hydrogen-bond acceptors (Lipinski definition) is 4. The third-order valence-electron chi connectivity index (χ3n) is 5.80. The molecule has 6 heteroatoms. The summed E-state index contributed by atoms with van der Waals surface area (Å²) in [6, 6.07) is 23.1. The summed E-state index contributed by atoms with van der Waals surface area (Å²) in [6.45, 7) is 5.25. The molecule has 1 aliphatic heterocycles. The van der Waals surface area contributed by atoms with Crippen molar-refractivity contribution < 1.29 is 18.7 Å². The maximum absolute atomic E-state index is 14.4. The van der Waals surface area contributed by atoms with Crippen LogP contribution in [0.25, 0.3) is 5.57 Å². The van der Waals surface area contributed by atoms with Gasteiger partial charge in [0.05, 0.1) is 18.7 Å². The van der Waals surface area contributed by atoms with Gasteiger partial charge in [-0.3, -0.25) is 14.5 Å². The van der Waals surface area contributed by atoms with Crippen LogP contribution in [0.1, 0.15) is 30.5 Å². The van der Waals surface area contributed by atoms with Crippen LogP contribution in [0.4, 0.5) is 4.39 Å². The number of halogens is 1. The number of nitrogens with zero attached hydrogens (tertiary/aromatic N) is 2. The van der Waals surface area contributed by atoms with Crippen molar-refractivity contribution >= 4 is 17.4 Å². The van der Waals surface area contributed by atoms with Crippen molar-refractivity contribution in [3.05, 3.63) is 107 Å². The van der Waals surface area contributed by atoms with Crippen molar-refractivity contribution in [3.63, 3.8) is 0 Å². The zero-order chi connectivity index (χ0) is 24.1. The van der Waals surface area contributed by atoms with Crippen molar-refractivity contribution in [3.8, 4) is 5.75 Å². The minimum absolute atomic E-state index is 0.128. The molecule has 2 amide bonds. The third kappa shape index (κ3) is 4.71. The molecule has 0 atom stereocenters. The number of ether oxygens (including phenoxy) is 1. The highest BCUT2D eigenvalue weighted by atomic mass is 19.1. The van der Waals surface area contributed by atoms with Crippen LogP contribution in [0.3, 0.4) is 0 Å². The SMILES string of the molecule is CCOc1ccc(C2=C(N(CC)Cc3ccccc3)C(=O)N(Cc3ccccc3F)C2=O)cc1. The maximum Gasteiger partial charge on any atom is 0.278 e. The van der Waals surface area contributed by atoms with Gasteiger partial charge in [0.2, 0.25) is 0 Å². The number of carbonyl (C=O) groups excluding carboxylic acids is 2. The number of likely N-dealkylation sites (N-methyl/N-ethyl adjacent to an activating group) is 1. The van der Waals surface area contributed by atoms with Gasteiger partial charge in [-0.2, -0.15) is 0 Å². The minimum atomic E-state index is -0.448. The fraction of sp³-hybridized carbons (Fsp3) is 0.214. The van der Waals surface area contributed by atoms with E-state index >= 15 is 0 Å². The Balaban J connectivity index is 1.75. The summed E-state index contributed by atoms with van der Waals surface area (Å²) in [5, 5.41) is 0. The molecule has 3 aromatic carbocycles. The van der Waals surface area contributed by atoms with Crippen molar-refractivity contribution in [2.24, 2.45) is 0 Å². The second kappa shape index (κ2) is 10.3. The van der Waals surface area contributed by atoms with E-state index in [2.05, 4.69) is 0 Å². The zero-order valence-corrected chi connectivity index (χ0v) is 19.3. The fourth-order valence-corrected chi connectivity index (χ4v) is 4.09. The minimum Gasteiger partial charge on any atom is -0.494 e. The van der Waals surface area contributed by atoms with Gasteiger partial charge in [-0.25, -0.2) is 4.39 Å². The lowest BCUT2D eigenvalue weighted by Gasteiger charge is -2.25. The van der Waals surface area contributed by atoms with Crippen LogP contribution in [-0.4, -0.2) is 34.8 Å². The number of rotatable bonds is 9. The van der Waals surface area contributed by atoms with E-state index in [1.165, 1.54) is 6.07 Å². The summed E-state index contributed by atoms with van der Waals surface area (Å²) in [5.74, 6) is -0.616. The Labute approximate surface area is 199 Å². The molecule has 0 fully saturated rings. The highest BCUT2D eigenvalue weighted by Gasteiger charge is 2.41. The molecule has 0 radical (unpaired) electrons. The predicted molar refractivity (Wildman–Crippen MR) is 129 cm³/mol. The first-order valence-electron chi connectivity index (χ1n) is 11.4. The zero-order valence-electron chi connectivity index (χ0n) is 19.3. The lowest BCUT2D eigenvalue weighted by molar-refractivity contribution is -0.138. The first kappa shape index (κ1) is 23.2. The Kier molecular flexibility index (Phi) is 7.07. The summed E-state index contributed by atoms with van der Waals surface area (Å²) in [5.41, 5.74) is 2.59. The van der Waals surface area contributed by atoms with Gasteiger partial charge >= 0.3 is 0 Å². The van der Waals surface area contributed by atoms with E-state index < -0.39 is 17.6 Å². The lowest BCUT2D eigenvalue weighted by atomic mass is 10.0. The molecule has 34 heavy (non-hydrogen) atoms. The molecule has 0 saturated carbocycles. The van der Waals surface area contributed by atoms with Gasteiger partial charge in [-0.05, 0) is 43.2 Å². The average Bonchev–Trinajstić information content (AvgIpc) is 3.10.